The van der Waals surface area contributed by atoms with Crippen LogP contribution in [0.25, 0.3) is 26.6 Å². The van der Waals surface area contributed by atoms with Crippen LogP contribution in [0.5, 0.6) is 0 Å². The molecule has 2 aliphatic heterocycles. The Bertz CT molecular complexity index is 1480. The molecule has 0 unspecified atom stereocenters. The molecule has 0 spiro atoms. The maximum atomic E-state index is 4.88. The maximum Gasteiger partial charge on any atom is 3.00 e. The summed E-state index contributed by atoms with van der Waals surface area (Å²) in [4.78, 5) is 5.39. The van der Waals surface area contributed by atoms with Gasteiger partial charge in [-0.25, -0.2) is 10.2 Å². The van der Waals surface area contributed by atoms with Crippen LogP contribution >= 0.6 is 42.4 Å². The Morgan fingerprint density at radius 3 is 1.73 bits per heavy atom. The van der Waals surface area contributed by atoms with E-state index in [2.05, 4.69) is 85.4 Å². The zero-order valence-corrected chi connectivity index (χ0v) is 30.3. The van der Waals surface area contributed by atoms with E-state index >= 15 is 0 Å². The van der Waals surface area contributed by atoms with Gasteiger partial charge in [-0.1, -0.05) is 60.9 Å². The van der Waals surface area contributed by atoms with E-state index in [1.54, 1.807) is 34.4 Å². The number of rotatable bonds is 5. The standard InChI is InChI=1S/C21H16BN6S3.C8H12.C3H9P.Ru.H/c1-4-19(29-13-1)16-7-10-26(23-16)22(27-11-8-17(24-27)20-5-2-14-30-20)28-12-9-18(25-28)21-6-3-15-31-21;1-2-4-6-8-7-5-3-1;1-4(2)3;;/h1-14H,15H2;1-2,7-8H,3-6H2;1-3H3;;/q-2;;;+3;-1/b21-18-;2-1-,8-7-;;;. The molecule has 44 heavy (non-hydrogen) atoms. The molecule has 7 rings (SSSR count). The average Bonchev–Trinajstić information content (AvgIpc) is 3.83. The minimum Gasteiger partial charge on any atom is -1.00 e. The fraction of sp³-hybridized carbons (Fsp3) is 0.250. The van der Waals surface area contributed by atoms with Crippen molar-refractivity contribution in [2.45, 2.75) is 25.7 Å². The van der Waals surface area contributed by atoms with Crippen molar-refractivity contribution in [3.8, 4) is 21.1 Å². The molecule has 0 saturated carbocycles. The van der Waals surface area contributed by atoms with Gasteiger partial charge in [-0.3, -0.25) is 0 Å². The molecule has 6 heterocycles. The van der Waals surface area contributed by atoms with E-state index in [9.17, 15) is 0 Å². The Morgan fingerprint density at radius 1 is 0.773 bits per heavy atom. The molecular weight excluding hydrogens is 707 g/mol. The first-order chi connectivity index (χ1) is 21.1. The molecule has 0 aromatic carbocycles. The summed E-state index contributed by atoms with van der Waals surface area (Å²) in [7, 11) is 0.0390. The molecule has 6 nitrogen and oxygen atoms in total. The number of thiophene rings is 2. The normalized spacial score (nSPS) is 18.5. The van der Waals surface area contributed by atoms with Crippen molar-refractivity contribution < 1.29 is 20.9 Å². The van der Waals surface area contributed by atoms with Gasteiger partial charge in [0.15, 0.2) is 0 Å². The van der Waals surface area contributed by atoms with Crippen LogP contribution in [0.2, 0.25) is 0 Å². The monoisotopic (exact) mass is 746 g/mol. The second-order valence-electron chi connectivity index (χ2n) is 10.4. The quantitative estimate of drug-likeness (QED) is 0.116. The summed E-state index contributed by atoms with van der Waals surface area (Å²) in [6.07, 6.45) is 26.3. The van der Waals surface area contributed by atoms with Crippen LogP contribution in [0.3, 0.4) is 0 Å². The average molecular weight is 746 g/mol. The van der Waals surface area contributed by atoms with Crippen molar-refractivity contribution in [3.05, 3.63) is 124 Å². The van der Waals surface area contributed by atoms with Crippen LogP contribution in [-0.2, 0) is 19.5 Å². The Balaban J connectivity index is 0.000000336. The van der Waals surface area contributed by atoms with Crippen molar-refractivity contribution in [2.75, 3.05) is 25.7 Å². The number of allylic oxidation sites excluding steroid dienone is 6. The summed E-state index contributed by atoms with van der Waals surface area (Å²) < 4.78 is 3.83. The third-order valence-corrected chi connectivity index (χ3v) is 9.07. The molecule has 0 saturated heterocycles. The number of nitrogens with zero attached hydrogens (tertiary/aromatic N) is 6. The number of thioether (sulfide) groups is 1. The van der Waals surface area contributed by atoms with E-state index in [1.807, 2.05) is 57.0 Å². The summed E-state index contributed by atoms with van der Waals surface area (Å²) in [5.74, 6) is 0.998. The van der Waals surface area contributed by atoms with Gasteiger partial charge in [0.25, 0.3) is 0 Å². The van der Waals surface area contributed by atoms with E-state index in [-0.39, 0.29) is 28.0 Å². The Labute approximate surface area is 289 Å². The Kier molecular flexibility index (Phi) is 14.0. The van der Waals surface area contributed by atoms with Crippen LogP contribution in [0.4, 0.5) is 0 Å². The number of hydrogen-bond donors (Lipinski definition) is 0. The summed E-state index contributed by atoms with van der Waals surface area (Å²) in [6.45, 7) is 6.69. The van der Waals surface area contributed by atoms with Gasteiger partial charge in [-0.15, -0.1) is 48.1 Å². The molecule has 12 heteroatoms. The van der Waals surface area contributed by atoms with Gasteiger partial charge >= 0.3 is 19.5 Å². The number of aromatic nitrogens is 4. The van der Waals surface area contributed by atoms with Crippen molar-refractivity contribution in [1.82, 2.24) is 24.3 Å². The Hall–Kier alpha value is -2.41. The smallest absolute Gasteiger partial charge is 1.00 e. The molecule has 230 valence electrons. The largest absolute Gasteiger partial charge is 3.00 e. The van der Waals surface area contributed by atoms with Crippen LogP contribution in [-0.4, -0.2) is 57.2 Å². The fourth-order valence-corrected chi connectivity index (χ4v) is 6.57. The maximum absolute atomic E-state index is 4.88. The molecule has 2 radical (unpaired) electrons. The molecule has 1 aliphatic carbocycles. The SMILES string of the molecule is C1=C/C(=C2\C=CN([B-](n3ccc(-c4cccs4)n3)n3ccc(-c4cccs4)n3)[N-]2)SC1.C1=C\CC/C=C\CC/1.CP(C)C.[H-].[Ru+3]. The molecule has 3 aliphatic rings. The number of hydrogen-bond acceptors (Lipinski definition) is 6. The second-order valence-corrected chi connectivity index (χ2v) is 16.0. The van der Waals surface area contributed by atoms with E-state index in [1.165, 1.54) is 30.6 Å². The first-order valence-corrected chi connectivity index (χ1v) is 19.8. The third kappa shape index (κ3) is 9.79. The van der Waals surface area contributed by atoms with Crippen molar-refractivity contribution >= 4 is 49.5 Å². The molecule has 0 amide bonds. The molecule has 0 fully saturated rings. The van der Waals surface area contributed by atoms with Crippen molar-refractivity contribution in [3.63, 3.8) is 0 Å². The van der Waals surface area contributed by atoms with Gasteiger partial charge in [0, 0.05) is 5.75 Å². The molecule has 0 atom stereocenters. The van der Waals surface area contributed by atoms with Crippen molar-refractivity contribution in [1.29, 1.82) is 0 Å². The van der Waals surface area contributed by atoms with Gasteiger partial charge in [-0.2, -0.15) is 0 Å². The predicted molar refractivity (Wildman–Crippen MR) is 193 cm³/mol. The van der Waals surface area contributed by atoms with Gasteiger partial charge in [-0.05, 0) is 98.0 Å². The van der Waals surface area contributed by atoms with E-state index in [4.69, 9.17) is 15.6 Å². The predicted octanol–water partition coefficient (Wildman–Crippen LogP) is 9.69. The topological polar surface area (TPSA) is 53.0 Å². The molecule has 4 aromatic heterocycles. The zero-order chi connectivity index (χ0) is 29.9. The zero-order valence-electron chi connectivity index (χ0n) is 26.2. The fourth-order valence-electron chi connectivity index (χ4n) is 4.36. The molecule has 0 N–H and O–H groups in total. The third-order valence-electron chi connectivity index (χ3n) is 6.27. The van der Waals surface area contributed by atoms with Gasteiger partial charge in [0.2, 0.25) is 7.12 Å². The molecule has 0 bridgehead atoms. The van der Waals surface area contributed by atoms with Gasteiger partial charge in [0.1, 0.15) is 0 Å². The first-order valence-electron chi connectivity index (χ1n) is 14.4. The molecular formula is C32H38BN6PRuS3. The van der Waals surface area contributed by atoms with Crippen LogP contribution in [0.15, 0.2) is 119 Å². The summed E-state index contributed by atoms with van der Waals surface area (Å²) in [5.41, 5.74) is 7.74. The second kappa shape index (κ2) is 17.9. The summed E-state index contributed by atoms with van der Waals surface area (Å²) in [5, 5.41) is 13.9. The molecule has 4 aromatic rings. The van der Waals surface area contributed by atoms with Gasteiger partial charge in [0.05, 0.1) is 21.1 Å². The van der Waals surface area contributed by atoms with E-state index in [0.29, 0.717) is 7.92 Å². The summed E-state index contributed by atoms with van der Waals surface area (Å²) in [6, 6.07) is 12.3. The minimum atomic E-state index is -0.341. The van der Waals surface area contributed by atoms with Crippen LogP contribution in [0, 0.1) is 0 Å². The van der Waals surface area contributed by atoms with E-state index in [0.717, 1.165) is 32.6 Å². The Morgan fingerprint density at radius 2 is 1.30 bits per heavy atom. The van der Waals surface area contributed by atoms with Crippen LogP contribution in [0.1, 0.15) is 27.1 Å². The first kappa shape index (κ1) is 34.5. The minimum absolute atomic E-state index is 0. The van der Waals surface area contributed by atoms with E-state index < -0.39 is 0 Å². The van der Waals surface area contributed by atoms with Gasteiger partial charge < -0.3 is 21.0 Å². The van der Waals surface area contributed by atoms with Crippen molar-refractivity contribution in [2.24, 2.45) is 0 Å². The summed E-state index contributed by atoms with van der Waals surface area (Å²) >= 11 is 5.17. The van der Waals surface area contributed by atoms with Crippen LogP contribution < -0.4 is 0 Å².